The van der Waals surface area contributed by atoms with Crippen LogP contribution in [-0.4, -0.2) is 35.1 Å². The summed E-state index contributed by atoms with van der Waals surface area (Å²) < 4.78 is 13.4. The number of aliphatic hydroxyl groups is 1. The number of hydrogen-bond donors (Lipinski definition) is 1. The molecule has 3 unspecified atom stereocenters. The molecule has 1 amide bonds. The van der Waals surface area contributed by atoms with Crippen molar-refractivity contribution in [1.82, 2.24) is 4.90 Å². The Bertz CT molecular complexity index is 890. The van der Waals surface area contributed by atoms with Gasteiger partial charge in [0.1, 0.15) is 11.9 Å². The Morgan fingerprint density at radius 2 is 2.07 bits per heavy atom. The van der Waals surface area contributed by atoms with Crippen molar-refractivity contribution < 1.29 is 14.3 Å². The van der Waals surface area contributed by atoms with Crippen LogP contribution in [0.2, 0.25) is 5.02 Å². The minimum Gasteiger partial charge on any atom is -0.386 e. The maximum atomic E-state index is 13.4. The number of benzene rings is 2. The lowest BCUT2D eigenvalue weighted by Crippen LogP contribution is -2.41. The van der Waals surface area contributed by atoms with Crippen molar-refractivity contribution in [3.8, 4) is 0 Å². The van der Waals surface area contributed by atoms with E-state index in [2.05, 4.69) is 0 Å². The molecule has 0 bridgehead atoms. The van der Waals surface area contributed by atoms with E-state index in [4.69, 9.17) is 11.6 Å². The van der Waals surface area contributed by atoms with E-state index in [1.807, 2.05) is 43.3 Å². The zero-order valence-electron chi connectivity index (χ0n) is 16.5. The second kappa shape index (κ2) is 9.79. The van der Waals surface area contributed by atoms with Crippen molar-refractivity contribution in [2.75, 3.05) is 7.05 Å². The first kappa shape index (κ1) is 21.9. The standard InChI is InChI=1S/C23H25ClFNO2S/c1-3-7-20(29-14-15-10-11-19(25)18(24)12-15)23(28)22-17(13-21(27)26(22)2)16-8-5-4-6-9-16/h4-12,17,22-23,28H,3,13-14H2,1-2H3/b20-7-. The Labute approximate surface area is 180 Å². The van der Waals surface area contributed by atoms with Gasteiger partial charge in [-0.15, -0.1) is 11.8 Å². The number of halogens is 2. The molecular weight excluding hydrogens is 409 g/mol. The molecule has 29 heavy (non-hydrogen) atoms. The summed E-state index contributed by atoms with van der Waals surface area (Å²) in [4.78, 5) is 14.9. The summed E-state index contributed by atoms with van der Waals surface area (Å²) in [7, 11) is 1.76. The lowest BCUT2D eigenvalue weighted by Gasteiger charge is -2.31. The van der Waals surface area contributed by atoms with Crippen LogP contribution in [0.15, 0.2) is 59.5 Å². The van der Waals surface area contributed by atoms with Crippen LogP contribution in [0.25, 0.3) is 0 Å². The van der Waals surface area contributed by atoms with Gasteiger partial charge in [-0.25, -0.2) is 4.39 Å². The van der Waals surface area contributed by atoms with Crippen LogP contribution in [0, 0.1) is 5.82 Å². The molecule has 154 valence electrons. The molecule has 3 rings (SSSR count). The molecule has 1 aliphatic heterocycles. The Hall–Kier alpha value is -1.82. The summed E-state index contributed by atoms with van der Waals surface area (Å²) in [6.45, 7) is 2.01. The van der Waals surface area contributed by atoms with Gasteiger partial charge in [0, 0.05) is 30.0 Å². The SMILES string of the molecule is CC/C=C(\SCc1ccc(F)c(Cl)c1)C(O)C1C(c2ccccc2)CC(=O)N1C. The second-order valence-electron chi connectivity index (χ2n) is 7.21. The van der Waals surface area contributed by atoms with E-state index in [0.717, 1.165) is 22.5 Å². The van der Waals surface area contributed by atoms with Crippen molar-refractivity contribution in [3.05, 3.63) is 81.5 Å². The van der Waals surface area contributed by atoms with E-state index >= 15 is 0 Å². The minimum absolute atomic E-state index is 0.0362. The molecular formula is C23H25ClFNO2S. The van der Waals surface area contributed by atoms with Gasteiger partial charge in [0.05, 0.1) is 11.1 Å². The maximum Gasteiger partial charge on any atom is 0.223 e. The van der Waals surface area contributed by atoms with Crippen molar-refractivity contribution in [3.63, 3.8) is 0 Å². The molecule has 0 radical (unpaired) electrons. The van der Waals surface area contributed by atoms with E-state index in [9.17, 15) is 14.3 Å². The molecule has 3 atom stereocenters. The van der Waals surface area contributed by atoms with Crippen molar-refractivity contribution in [1.29, 1.82) is 0 Å². The number of hydrogen-bond acceptors (Lipinski definition) is 3. The number of carbonyl (C=O) groups excluding carboxylic acids is 1. The molecule has 1 fully saturated rings. The minimum atomic E-state index is -0.794. The van der Waals surface area contributed by atoms with Gasteiger partial charge in [-0.1, -0.05) is 61.0 Å². The highest BCUT2D eigenvalue weighted by atomic mass is 35.5. The monoisotopic (exact) mass is 433 g/mol. The molecule has 1 N–H and O–H groups in total. The number of carbonyl (C=O) groups is 1. The van der Waals surface area contributed by atoms with E-state index in [0.29, 0.717) is 12.2 Å². The summed E-state index contributed by atoms with van der Waals surface area (Å²) in [5, 5.41) is 11.4. The predicted octanol–water partition coefficient (Wildman–Crippen LogP) is 5.38. The van der Waals surface area contributed by atoms with Gasteiger partial charge in [-0.3, -0.25) is 4.79 Å². The van der Waals surface area contributed by atoms with Crippen LogP contribution in [0.1, 0.15) is 36.8 Å². The van der Waals surface area contributed by atoms with Crippen LogP contribution in [0.3, 0.4) is 0 Å². The molecule has 1 aliphatic rings. The van der Waals surface area contributed by atoms with Crippen LogP contribution >= 0.6 is 23.4 Å². The van der Waals surface area contributed by atoms with Crippen LogP contribution < -0.4 is 0 Å². The first-order valence-corrected chi connectivity index (χ1v) is 11.0. The number of nitrogens with zero attached hydrogens (tertiary/aromatic N) is 1. The molecule has 0 aromatic heterocycles. The van der Waals surface area contributed by atoms with Gasteiger partial charge < -0.3 is 10.0 Å². The molecule has 6 heteroatoms. The fourth-order valence-electron chi connectivity index (χ4n) is 3.77. The summed E-state index contributed by atoms with van der Waals surface area (Å²) in [5.41, 5.74) is 1.94. The lowest BCUT2D eigenvalue weighted by atomic mass is 9.88. The van der Waals surface area contributed by atoms with Crippen LogP contribution in [0.4, 0.5) is 4.39 Å². The van der Waals surface area contributed by atoms with Gasteiger partial charge in [0.15, 0.2) is 0 Å². The van der Waals surface area contributed by atoms with Crippen molar-refractivity contribution >= 4 is 29.3 Å². The summed E-state index contributed by atoms with van der Waals surface area (Å²) in [5.74, 6) is 0.0870. The van der Waals surface area contributed by atoms with Crippen molar-refractivity contribution in [2.45, 2.75) is 43.6 Å². The highest BCUT2D eigenvalue weighted by Crippen LogP contribution is 2.39. The Kier molecular flexibility index (Phi) is 7.38. The third-order valence-electron chi connectivity index (χ3n) is 5.28. The molecule has 3 nitrogen and oxygen atoms in total. The number of allylic oxidation sites excluding steroid dienone is 1. The normalized spacial score (nSPS) is 20.9. The van der Waals surface area contributed by atoms with Gasteiger partial charge in [0.2, 0.25) is 5.91 Å². The second-order valence-corrected chi connectivity index (χ2v) is 8.67. The van der Waals surface area contributed by atoms with Crippen molar-refractivity contribution in [2.24, 2.45) is 0 Å². The molecule has 1 heterocycles. The Morgan fingerprint density at radius 1 is 1.34 bits per heavy atom. The van der Waals surface area contributed by atoms with Crippen LogP contribution in [0.5, 0.6) is 0 Å². The van der Waals surface area contributed by atoms with E-state index in [1.54, 1.807) is 24.1 Å². The zero-order valence-corrected chi connectivity index (χ0v) is 18.1. The number of amides is 1. The first-order valence-electron chi connectivity index (χ1n) is 9.67. The summed E-state index contributed by atoms with van der Waals surface area (Å²) in [6, 6.07) is 14.2. The number of aliphatic hydroxyl groups excluding tert-OH is 1. The third kappa shape index (κ3) is 5.03. The number of likely N-dealkylation sites (N-methyl/N-ethyl adjacent to an activating group) is 1. The number of thioether (sulfide) groups is 1. The van der Waals surface area contributed by atoms with Gasteiger partial charge in [-0.05, 0) is 29.7 Å². The first-order chi connectivity index (χ1) is 13.9. The third-order valence-corrected chi connectivity index (χ3v) is 6.79. The number of likely N-dealkylation sites (tertiary alicyclic amines) is 1. The maximum absolute atomic E-state index is 13.4. The quantitative estimate of drug-likeness (QED) is 0.637. The molecule has 0 saturated carbocycles. The number of rotatable bonds is 7. The fourth-order valence-corrected chi connectivity index (χ4v) is 5.08. The van der Waals surface area contributed by atoms with E-state index in [1.165, 1.54) is 17.8 Å². The molecule has 2 aromatic carbocycles. The molecule has 2 aromatic rings. The zero-order chi connectivity index (χ0) is 21.0. The van der Waals surface area contributed by atoms with Gasteiger partial charge in [-0.2, -0.15) is 0 Å². The van der Waals surface area contributed by atoms with Crippen LogP contribution in [-0.2, 0) is 10.5 Å². The lowest BCUT2D eigenvalue weighted by molar-refractivity contribution is -0.128. The van der Waals surface area contributed by atoms with Gasteiger partial charge >= 0.3 is 0 Å². The summed E-state index contributed by atoms with van der Waals surface area (Å²) >= 11 is 7.39. The molecule has 1 saturated heterocycles. The average Bonchev–Trinajstić information content (AvgIpc) is 3.02. The summed E-state index contributed by atoms with van der Waals surface area (Å²) in [6.07, 6.45) is 2.36. The Balaban J connectivity index is 1.81. The van der Waals surface area contributed by atoms with E-state index in [-0.39, 0.29) is 22.9 Å². The highest BCUT2D eigenvalue weighted by Gasteiger charge is 2.43. The smallest absolute Gasteiger partial charge is 0.223 e. The predicted molar refractivity (Wildman–Crippen MR) is 117 cm³/mol. The van der Waals surface area contributed by atoms with E-state index < -0.39 is 11.9 Å². The van der Waals surface area contributed by atoms with Gasteiger partial charge in [0.25, 0.3) is 0 Å². The average molecular weight is 434 g/mol. The largest absolute Gasteiger partial charge is 0.386 e. The molecule has 0 aliphatic carbocycles. The topological polar surface area (TPSA) is 40.5 Å². The molecule has 0 spiro atoms. The Morgan fingerprint density at radius 3 is 2.72 bits per heavy atom. The fraction of sp³-hybridized carbons (Fsp3) is 0.348. The highest BCUT2D eigenvalue weighted by molar-refractivity contribution is 8.02.